The summed E-state index contributed by atoms with van der Waals surface area (Å²) in [5, 5.41) is 12.8. The van der Waals surface area contributed by atoms with Crippen molar-refractivity contribution in [2.24, 2.45) is 5.10 Å². The summed E-state index contributed by atoms with van der Waals surface area (Å²) in [5.41, 5.74) is 5.27. The molecule has 2 aromatic rings. The fraction of sp³-hybridized carbons (Fsp3) is 0.389. The molecule has 0 amide bonds. The van der Waals surface area contributed by atoms with Crippen molar-refractivity contribution in [2.45, 2.75) is 6.92 Å². The second-order valence-electron chi connectivity index (χ2n) is 6.12. The quantitative estimate of drug-likeness (QED) is 0.434. The lowest BCUT2D eigenvalue weighted by molar-refractivity contribution is 0.0389. The Bertz CT molecular complexity index is 789. The highest BCUT2D eigenvalue weighted by atomic mass is 35.5. The zero-order chi connectivity index (χ0) is 19.1. The van der Waals surface area contributed by atoms with Gasteiger partial charge in [-0.05, 0) is 31.3 Å². The zero-order valence-electron chi connectivity index (χ0n) is 15.2. The van der Waals surface area contributed by atoms with Crippen LogP contribution in [0.15, 0.2) is 35.4 Å². The first-order chi connectivity index (χ1) is 13.1. The van der Waals surface area contributed by atoms with Gasteiger partial charge in [-0.15, -0.1) is 0 Å². The number of hydrogen-bond donors (Lipinski definition) is 2. The number of nitrogens with one attached hydrogen (secondary N) is 2. The van der Waals surface area contributed by atoms with E-state index in [2.05, 4.69) is 25.8 Å². The van der Waals surface area contributed by atoms with Gasteiger partial charge in [0.15, 0.2) is 5.11 Å². The van der Waals surface area contributed by atoms with Crippen LogP contribution in [0.25, 0.3) is 5.69 Å². The van der Waals surface area contributed by atoms with Crippen LogP contribution in [0, 0.1) is 6.92 Å². The largest absolute Gasteiger partial charge is 0.379 e. The topological polar surface area (TPSA) is 66.7 Å². The van der Waals surface area contributed by atoms with E-state index in [1.54, 1.807) is 10.9 Å². The molecule has 0 atom stereocenters. The SMILES string of the molecule is Cc1nn(-c2ccccc2)c(Cl)c1/C=N/NC(=S)NCCN1CCOCC1. The number of thiocarbonyl (C=S) groups is 1. The van der Waals surface area contributed by atoms with Gasteiger partial charge < -0.3 is 10.1 Å². The van der Waals surface area contributed by atoms with Crippen molar-refractivity contribution < 1.29 is 4.74 Å². The van der Waals surface area contributed by atoms with Crippen molar-refractivity contribution in [2.75, 3.05) is 39.4 Å². The number of ether oxygens (including phenoxy) is 1. The van der Waals surface area contributed by atoms with Crippen LogP contribution in [0.5, 0.6) is 0 Å². The van der Waals surface area contributed by atoms with Gasteiger partial charge in [0.1, 0.15) is 5.15 Å². The standard InChI is InChI=1S/C18H23ClN6OS/c1-14-16(17(19)25(23-14)15-5-3-2-4-6-15)13-21-22-18(27)20-7-8-24-9-11-26-12-10-24/h2-6,13H,7-12H2,1H3,(H2,20,22,27)/b21-13+. The summed E-state index contributed by atoms with van der Waals surface area (Å²) >= 11 is 11.7. The van der Waals surface area contributed by atoms with Crippen LogP contribution in [-0.4, -0.2) is 65.4 Å². The summed E-state index contributed by atoms with van der Waals surface area (Å²) in [6.07, 6.45) is 1.64. The first kappa shape index (κ1) is 19.8. The number of halogens is 1. The Hall–Kier alpha value is -2.00. The molecule has 2 N–H and O–H groups in total. The minimum atomic E-state index is 0.476. The van der Waals surface area contributed by atoms with Crippen molar-refractivity contribution >= 4 is 35.1 Å². The third kappa shape index (κ3) is 5.49. The van der Waals surface area contributed by atoms with Gasteiger partial charge in [0.25, 0.3) is 0 Å². The molecule has 27 heavy (non-hydrogen) atoms. The Morgan fingerprint density at radius 1 is 1.33 bits per heavy atom. The molecule has 1 aromatic carbocycles. The molecule has 144 valence electrons. The molecule has 9 heteroatoms. The molecule has 2 heterocycles. The van der Waals surface area contributed by atoms with Crippen LogP contribution >= 0.6 is 23.8 Å². The third-order valence-electron chi connectivity index (χ3n) is 4.23. The maximum Gasteiger partial charge on any atom is 0.187 e. The molecular weight excluding hydrogens is 384 g/mol. The summed E-state index contributed by atoms with van der Waals surface area (Å²) in [6.45, 7) is 7.09. The van der Waals surface area contributed by atoms with E-state index in [1.807, 2.05) is 37.3 Å². The van der Waals surface area contributed by atoms with E-state index in [0.29, 0.717) is 10.3 Å². The fourth-order valence-electron chi connectivity index (χ4n) is 2.75. The molecule has 1 saturated heterocycles. The van der Waals surface area contributed by atoms with E-state index in [1.165, 1.54) is 0 Å². The molecule has 7 nitrogen and oxygen atoms in total. The number of para-hydroxylation sites is 1. The van der Waals surface area contributed by atoms with Crippen molar-refractivity contribution in [1.29, 1.82) is 0 Å². The molecule has 1 aromatic heterocycles. The van der Waals surface area contributed by atoms with Crippen LogP contribution in [0.1, 0.15) is 11.3 Å². The Morgan fingerprint density at radius 2 is 2.07 bits per heavy atom. The smallest absolute Gasteiger partial charge is 0.187 e. The number of hydrogen-bond acceptors (Lipinski definition) is 5. The molecule has 0 spiro atoms. The van der Waals surface area contributed by atoms with Crippen molar-refractivity contribution in [3.05, 3.63) is 46.7 Å². The lowest BCUT2D eigenvalue weighted by Gasteiger charge is -2.26. The lowest BCUT2D eigenvalue weighted by Crippen LogP contribution is -2.42. The number of morpholine rings is 1. The monoisotopic (exact) mass is 406 g/mol. The highest BCUT2D eigenvalue weighted by Crippen LogP contribution is 2.21. The van der Waals surface area contributed by atoms with E-state index in [0.717, 1.165) is 56.3 Å². The minimum Gasteiger partial charge on any atom is -0.379 e. The summed E-state index contributed by atoms with van der Waals surface area (Å²) < 4.78 is 7.03. The molecule has 0 unspecified atom stereocenters. The molecule has 3 rings (SSSR count). The van der Waals surface area contributed by atoms with E-state index >= 15 is 0 Å². The lowest BCUT2D eigenvalue weighted by atomic mass is 10.3. The van der Waals surface area contributed by atoms with Gasteiger partial charge in [0, 0.05) is 26.2 Å². The number of nitrogens with zero attached hydrogens (tertiary/aromatic N) is 4. The van der Waals surface area contributed by atoms with Gasteiger partial charge >= 0.3 is 0 Å². The second-order valence-corrected chi connectivity index (χ2v) is 6.88. The Morgan fingerprint density at radius 3 is 2.81 bits per heavy atom. The van der Waals surface area contributed by atoms with Crippen LogP contribution in [-0.2, 0) is 4.74 Å². The molecule has 1 fully saturated rings. The summed E-state index contributed by atoms with van der Waals surface area (Å²) in [4.78, 5) is 2.34. The number of aryl methyl sites for hydroxylation is 1. The Kier molecular flexibility index (Phi) is 7.17. The average Bonchev–Trinajstić information content (AvgIpc) is 2.98. The zero-order valence-corrected chi connectivity index (χ0v) is 16.8. The van der Waals surface area contributed by atoms with E-state index in [4.69, 9.17) is 28.6 Å². The summed E-state index contributed by atoms with van der Waals surface area (Å²) in [7, 11) is 0. The fourth-order valence-corrected chi connectivity index (χ4v) is 3.22. The maximum absolute atomic E-state index is 6.47. The maximum atomic E-state index is 6.47. The van der Waals surface area contributed by atoms with Crippen LogP contribution < -0.4 is 10.7 Å². The second kappa shape index (κ2) is 9.80. The summed E-state index contributed by atoms with van der Waals surface area (Å²) in [6, 6.07) is 9.74. The number of hydrazone groups is 1. The summed E-state index contributed by atoms with van der Waals surface area (Å²) in [5.74, 6) is 0. The first-order valence-corrected chi connectivity index (χ1v) is 9.61. The normalized spacial score (nSPS) is 15.2. The van der Waals surface area contributed by atoms with E-state index in [-0.39, 0.29) is 0 Å². The number of benzene rings is 1. The Labute approximate surface area is 169 Å². The number of aromatic nitrogens is 2. The first-order valence-electron chi connectivity index (χ1n) is 8.82. The van der Waals surface area contributed by atoms with Gasteiger partial charge in [-0.1, -0.05) is 29.8 Å². The van der Waals surface area contributed by atoms with Crippen molar-refractivity contribution in [3.63, 3.8) is 0 Å². The molecular formula is C18H23ClN6OS. The van der Waals surface area contributed by atoms with E-state index < -0.39 is 0 Å². The predicted molar refractivity (Wildman–Crippen MR) is 112 cm³/mol. The molecule has 0 aliphatic carbocycles. The molecule has 1 aliphatic heterocycles. The van der Waals surface area contributed by atoms with Crippen LogP contribution in [0.2, 0.25) is 5.15 Å². The number of rotatable bonds is 6. The molecule has 0 bridgehead atoms. The van der Waals surface area contributed by atoms with Gasteiger partial charge in [0.2, 0.25) is 0 Å². The van der Waals surface area contributed by atoms with Crippen LogP contribution in [0.3, 0.4) is 0 Å². The Balaban J connectivity index is 1.50. The van der Waals surface area contributed by atoms with E-state index in [9.17, 15) is 0 Å². The molecule has 0 radical (unpaired) electrons. The highest BCUT2D eigenvalue weighted by Gasteiger charge is 2.13. The van der Waals surface area contributed by atoms with Crippen molar-refractivity contribution in [1.82, 2.24) is 25.4 Å². The molecule has 0 saturated carbocycles. The van der Waals surface area contributed by atoms with Gasteiger partial charge in [-0.3, -0.25) is 10.3 Å². The predicted octanol–water partition coefficient (Wildman–Crippen LogP) is 1.96. The van der Waals surface area contributed by atoms with Crippen molar-refractivity contribution in [3.8, 4) is 5.69 Å². The average molecular weight is 407 g/mol. The van der Waals surface area contributed by atoms with Gasteiger partial charge in [-0.25, -0.2) is 4.68 Å². The van der Waals surface area contributed by atoms with Gasteiger partial charge in [-0.2, -0.15) is 10.2 Å². The van der Waals surface area contributed by atoms with Crippen LogP contribution in [0.4, 0.5) is 0 Å². The third-order valence-corrected chi connectivity index (χ3v) is 4.83. The molecule has 1 aliphatic rings. The minimum absolute atomic E-state index is 0.476. The van der Waals surface area contributed by atoms with Gasteiger partial charge in [0.05, 0.1) is 36.4 Å². The highest BCUT2D eigenvalue weighted by molar-refractivity contribution is 7.80.